The third-order valence-electron chi connectivity index (χ3n) is 6.30. The molecule has 2 aromatic rings. The van der Waals surface area contributed by atoms with Gasteiger partial charge in [-0.2, -0.15) is 0 Å². The predicted molar refractivity (Wildman–Crippen MR) is 104 cm³/mol. The van der Waals surface area contributed by atoms with Gasteiger partial charge in [0.2, 0.25) is 0 Å². The maximum absolute atomic E-state index is 6.40. The Balaban J connectivity index is 1.72. The van der Waals surface area contributed by atoms with E-state index < -0.39 is 0 Å². The van der Waals surface area contributed by atoms with E-state index >= 15 is 0 Å². The molecule has 2 N–H and O–H groups in total. The van der Waals surface area contributed by atoms with Gasteiger partial charge in [0, 0.05) is 17.5 Å². The van der Waals surface area contributed by atoms with Crippen molar-refractivity contribution < 1.29 is 0 Å². The summed E-state index contributed by atoms with van der Waals surface area (Å²) in [5.41, 5.74) is 13.1. The van der Waals surface area contributed by atoms with E-state index in [1.165, 1.54) is 35.1 Å². The average molecular weight is 325 g/mol. The monoisotopic (exact) mass is 325 g/mol. The third kappa shape index (κ3) is 2.30. The molecule has 2 aromatic carbocycles. The first-order valence-electron chi connectivity index (χ1n) is 9.32. The van der Waals surface area contributed by atoms with Crippen LogP contribution >= 0.6 is 0 Å². The van der Waals surface area contributed by atoms with Crippen molar-refractivity contribution in [2.45, 2.75) is 24.7 Å². The van der Waals surface area contributed by atoms with Gasteiger partial charge in [-0.05, 0) is 53.0 Å². The molecule has 0 saturated carbocycles. The molecule has 1 heteroatoms. The van der Waals surface area contributed by atoms with E-state index in [2.05, 4.69) is 66.8 Å². The summed E-state index contributed by atoms with van der Waals surface area (Å²) in [4.78, 5) is 0. The van der Waals surface area contributed by atoms with Gasteiger partial charge in [0.15, 0.2) is 0 Å². The van der Waals surface area contributed by atoms with Crippen LogP contribution in [0.4, 0.5) is 5.69 Å². The Labute approximate surface area is 149 Å². The summed E-state index contributed by atoms with van der Waals surface area (Å²) in [6.45, 7) is 0. The molecule has 3 aliphatic carbocycles. The maximum atomic E-state index is 6.40. The Morgan fingerprint density at radius 2 is 1.64 bits per heavy atom. The number of nitrogens with two attached hydrogens (primary N) is 1. The highest BCUT2D eigenvalue weighted by Crippen LogP contribution is 2.55. The zero-order valence-corrected chi connectivity index (χ0v) is 14.3. The van der Waals surface area contributed by atoms with Crippen LogP contribution in [0.1, 0.15) is 34.9 Å². The molecule has 0 amide bonds. The lowest BCUT2D eigenvalue weighted by Crippen LogP contribution is -2.35. The number of benzene rings is 2. The summed E-state index contributed by atoms with van der Waals surface area (Å²) < 4.78 is 0. The molecule has 0 spiro atoms. The highest BCUT2D eigenvalue weighted by molar-refractivity contribution is 5.55. The Hall–Kier alpha value is -2.54. The van der Waals surface area contributed by atoms with Crippen LogP contribution < -0.4 is 5.73 Å². The molecule has 25 heavy (non-hydrogen) atoms. The van der Waals surface area contributed by atoms with Crippen molar-refractivity contribution in [3.8, 4) is 0 Å². The quantitative estimate of drug-likeness (QED) is 0.700. The normalized spacial score (nSPS) is 29.4. The molecule has 3 aliphatic rings. The van der Waals surface area contributed by atoms with Crippen molar-refractivity contribution in [2.24, 2.45) is 11.8 Å². The highest BCUT2D eigenvalue weighted by atomic mass is 14.6. The number of rotatable bonds is 1. The molecule has 0 radical (unpaired) electrons. The van der Waals surface area contributed by atoms with Crippen molar-refractivity contribution >= 4 is 5.69 Å². The Kier molecular flexibility index (Phi) is 3.41. The van der Waals surface area contributed by atoms with Crippen molar-refractivity contribution in [3.05, 3.63) is 101 Å². The van der Waals surface area contributed by atoms with E-state index in [9.17, 15) is 0 Å². The predicted octanol–water partition coefficient (Wildman–Crippen LogP) is 5.38. The van der Waals surface area contributed by atoms with Gasteiger partial charge in [0.1, 0.15) is 0 Å². The van der Waals surface area contributed by atoms with E-state index in [0.717, 1.165) is 5.69 Å². The summed E-state index contributed by atoms with van der Waals surface area (Å²) in [6, 6.07) is 17.4. The molecule has 0 bridgehead atoms. The lowest BCUT2D eigenvalue weighted by molar-refractivity contribution is 0.283. The van der Waals surface area contributed by atoms with E-state index in [4.69, 9.17) is 5.73 Å². The smallest absolute Gasteiger partial charge is 0.0352 e. The van der Waals surface area contributed by atoms with Crippen LogP contribution in [0.3, 0.4) is 0 Å². The van der Waals surface area contributed by atoms with Gasteiger partial charge in [-0.3, -0.25) is 0 Å². The lowest BCUT2D eigenvalue weighted by Gasteiger charge is -2.46. The second-order valence-electron chi connectivity index (χ2n) is 7.52. The summed E-state index contributed by atoms with van der Waals surface area (Å²) in [5.74, 6) is 2.07. The molecular weight excluding hydrogens is 302 g/mol. The highest BCUT2D eigenvalue weighted by Gasteiger charge is 2.43. The Morgan fingerprint density at radius 1 is 0.840 bits per heavy atom. The second kappa shape index (κ2) is 5.77. The number of anilines is 1. The largest absolute Gasteiger partial charge is 0.398 e. The van der Waals surface area contributed by atoms with E-state index in [1.54, 1.807) is 0 Å². The van der Waals surface area contributed by atoms with Crippen LogP contribution in [0.5, 0.6) is 0 Å². The van der Waals surface area contributed by atoms with Crippen LogP contribution in [0.2, 0.25) is 0 Å². The molecule has 4 atom stereocenters. The van der Waals surface area contributed by atoms with Crippen molar-refractivity contribution in [3.63, 3.8) is 0 Å². The summed E-state index contributed by atoms with van der Waals surface area (Å²) in [6.07, 6.45) is 14.0. The summed E-state index contributed by atoms with van der Waals surface area (Å²) in [7, 11) is 0. The lowest BCUT2D eigenvalue weighted by atomic mass is 9.58. The fourth-order valence-corrected chi connectivity index (χ4v) is 5.22. The minimum Gasteiger partial charge on any atom is -0.398 e. The van der Waals surface area contributed by atoms with Gasteiger partial charge in [-0.1, -0.05) is 72.8 Å². The molecule has 0 saturated heterocycles. The SMILES string of the molecule is Nc1ccccc1C1C=C2C=CC=CC2C2CCc3ccccc3C12. The van der Waals surface area contributed by atoms with Crippen molar-refractivity contribution in [2.75, 3.05) is 5.73 Å². The molecule has 0 aromatic heterocycles. The topological polar surface area (TPSA) is 26.0 Å². The average Bonchev–Trinajstić information content (AvgIpc) is 2.67. The van der Waals surface area contributed by atoms with Gasteiger partial charge in [-0.15, -0.1) is 0 Å². The Bertz CT molecular complexity index is 902. The van der Waals surface area contributed by atoms with Crippen LogP contribution in [0.25, 0.3) is 0 Å². The number of nitrogen functional groups attached to an aromatic ring is 1. The molecular formula is C24H23N. The van der Waals surface area contributed by atoms with Crippen LogP contribution in [0.15, 0.2) is 84.5 Å². The van der Waals surface area contributed by atoms with Crippen LogP contribution in [-0.4, -0.2) is 0 Å². The molecule has 1 nitrogen and oxygen atoms in total. The first kappa shape index (κ1) is 14.8. The van der Waals surface area contributed by atoms with Gasteiger partial charge >= 0.3 is 0 Å². The summed E-state index contributed by atoms with van der Waals surface area (Å²) in [5, 5.41) is 0. The molecule has 0 fully saturated rings. The molecule has 0 heterocycles. The first-order valence-corrected chi connectivity index (χ1v) is 9.32. The molecule has 124 valence electrons. The van der Waals surface area contributed by atoms with Crippen LogP contribution in [0, 0.1) is 11.8 Å². The van der Waals surface area contributed by atoms with Gasteiger partial charge in [0.05, 0.1) is 0 Å². The minimum absolute atomic E-state index is 0.357. The minimum atomic E-state index is 0.357. The first-order chi connectivity index (χ1) is 12.3. The number of fused-ring (bicyclic) bond motifs is 5. The fourth-order valence-electron chi connectivity index (χ4n) is 5.22. The fraction of sp³-hybridized carbons (Fsp3) is 0.250. The zero-order valence-electron chi connectivity index (χ0n) is 14.3. The number of aryl methyl sites for hydroxylation is 1. The Morgan fingerprint density at radius 3 is 2.52 bits per heavy atom. The number of hydrogen-bond donors (Lipinski definition) is 1. The van der Waals surface area contributed by atoms with E-state index in [-0.39, 0.29) is 0 Å². The van der Waals surface area contributed by atoms with E-state index in [1.807, 2.05) is 12.1 Å². The zero-order chi connectivity index (χ0) is 16.8. The molecule has 4 unspecified atom stereocenters. The second-order valence-corrected chi connectivity index (χ2v) is 7.52. The van der Waals surface area contributed by atoms with Crippen molar-refractivity contribution in [1.82, 2.24) is 0 Å². The third-order valence-corrected chi connectivity index (χ3v) is 6.30. The maximum Gasteiger partial charge on any atom is 0.0352 e. The van der Waals surface area contributed by atoms with Gasteiger partial charge < -0.3 is 5.73 Å². The molecule has 5 rings (SSSR count). The molecule has 0 aliphatic heterocycles. The number of para-hydroxylation sites is 1. The van der Waals surface area contributed by atoms with Crippen molar-refractivity contribution in [1.29, 1.82) is 0 Å². The van der Waals surface area contributed by atoms with Crippen LogP contribution in [-0.2, 0) is 6.42 Å². The van der Waals surface area contributed by atoms with Gasteiger partial charge in [0.25, 0.3) is 0 Å². The summed E-state index contributed by atoms with van der Waals surface area (Å²) >= 11 is 0. The standard InChI is InChI=1S/C24H23N/c25-23-12-6-5-11-20(23)22-15-17-8-2-3-9-18(17)21-14-13-16-7-1-4-10-19(16)24(21)22/h1-12,15,18,21-22,24H,13-14,25H2. The van der Waals surface area contributed by atoms with E-state index in [0.29, 0.717) is 23.7 Å². The van der Waals surface area contributed by atoms with Gasteiger partial charge in [-0.25, -0.2) is 0 Å². The number of allylic oxidation sites excluding steroid dienone is 6. The number of hydrogen-bond acceptors (Lipinski definition) is 1.